The topological polar surface area (TPSA) is 153 Å². The van der Waals surface area contributed by atoms with Crippen molar-refractivity contribution in [1.29, 1.82) is 0 Å². The van der Waals surface area contributed by atoms with E-state index < -0.39 is 17.8 Å². The minimum absolute atomic E-state index is 0.152. The first kappa shape index (κ1) is 33.1. The first-order valence-electron chi connectivity index (χ1n) is 14.9. The third-order valence-electron chi connectivity index (χ3n) is 7.29. The summed E-state index contributed by atoms with van der Waals surface area (Å²) < 4.78 is 15.1. The third kappa shape index (κ3) is 6.73. The van der Waals surface area contributed by atoms with Gasteiger partial charge in [-0.2, -0.15) is 10.2 Å². The number of carbonyl (C=O) groups excluding carboxylic acids is 1. The summed E-state index contributed by atoms with van der Waals surface area (Å²) in [7, 11) is 0. The summed E-state index contributed by atoms with van der Waals surface area (Å²) in [4.78, 5) is 34.5. The number of nitrogens with zero attached hydrogens (tertiary/aromatic N) is 6. The normalized spacial score (nSPS) is 11.1. The average Bonchev–Trinajstić information content (AvgIpc) is 3.96. The van der Waals surface area contributed by atoms with Gasteiger partial charge in [-0.25, -0.2) is 28.6 Å². The Labute approximate surface area is 300 Å². The molecule has 0 aliphatic carbocycles. The fraction of sp³-hybridized carbons (Fsp3) is 0.118. The zero-order valence-electron chi connectivity index (χ0n) is 26.3. The lowest BCUT2D eigenvalue weighted by Crippen LogP contribution is -2.06. The van der Waals surface area contributed by atoms with Gasteiger partial charge in [-0.05, 0) is 25.0 Å². The molecule has 2 N–H and O–H groups in total. The highest BCUT2D eigenvalue weighted by Crippen LogP contribution is 2.39. The highest BCUT2D eigenvalue weighted by Gasteiger charge is 2.26. The molecule has 0 aliphatic heterocycles. The lowest BCUT2D eigenvalue weighted by Gasteiger charge is -2.06. The van der Waals surface area contributed by atoms with Crippen LogP contribution in [0.1, 0.15) is 41.9 Å². The van der Waals surface area contributed by atoms with E-state index in [0.29, 0.717) is 21.5 Å². The van der Waals surface area contributed by atoms with Gasteiger partial charge in [-0.1, -0.05) is 60.7 Å². The molecule has 12 nitrogen and oxygen atoms in total. The number of thiazole rings is 4. The van der Waals surface area contributed by atoms with E-state index in [2.05, 4.69) is 20.2 Å². The van der Waals surface area contributed by atoms with E-state index in [1.54, 1.807) is 15.9 Å². The van der Waals surface area contributed by atoms with Crippen LogP contribution in [0.2, 0.25) is 0 Å². The van der Waals surface area contributed by atoms with E-state index in [-0.39, 0.29) is 17.4 Å². The molecule has 0 aliphatic rings. The number of benzene rings is 2. The lowest BCUT2D eigenvalue weighted by molar-refractivity contribution is 0.0472. The Morgan fingerprint density at radius 2 is 1.26 bits per heavy atom. The molecule has 50 heavy (non-hydrogen) atoms. The van der Waals surface area contributed by atoms with E-state index >= 15 is 0 Å². The summed E-state index contributed by atoms with van der Waals surface area (Å²) >= 11 is 5.29. The van der Waals surface area contributed by atoms with Crippen molar-refractivity contribution >= 4 is 66.9 Å². The molecule has 16 heteroatoms. The van der Waals surface area contributed by atoms with Gasteiger partial charge in [0.1, 0.15) is 32.9 Å². The smallest absolute Gasteiger partial charge is 0.354 e. The van der Waals surface area contributed by atoms with Gasteiger partial charge in [0, 0.05) is 23.2 Å². The molecule has 8 rings (SSSR count). The van der Waals surface area contributed by atoms with Gasteiger partial charge in [0.25, 0.3) is 0 Å². The number of aryl methyl sites for hydroxylation is 2. The fourth-order valence-electron chi connectivity index (χ4n) is 4.99. The van der Waals surface area contributed by atoms with Crippen LogP contribution in [0.5, 0.6) is 11.8 Å². The van der Waals surface area contributed by atoms with Gasteiger partial charge in [0.15, 0.2) is 9.75 Å². The summed E-state index contributed by atoms with van der Waals surface area (Å²) in [6.45, 7) is 4.26. The second-order valence-electron chi connectivity index (χ2n) is 10.7. The number of aromatic carboxylic acids is 1. The van der Waals surface area contributed by atoms with Crippen molar-refractivity contribution in [3.63, 3.8) is 0 Å². The SMILES string of the molecule is Cc1nn2ccsc2c1-c1nc(O)c(C(=O)O)s1.Cc1nn2ccsc2c1-c1nc(OCc2ccccc2)c(C(=O)OCc2ccccc2)s1. The third-order valence-corrected chi connectivity index (χ3v) is 11.1. The van der Waals surface area contributed by atoms with Gasteiger partial charge >= 0.3 is 11.9 Å². The van der Waals surface area contributed by atoms with Gasteiger partial charge in [0.2, 0.25) is 11.8 Å². The maximum absolute atomic E-state index is 13.0. The van der Waals surface area contributed by atoms with Crippen molar-refractivity contribution in [3.05, 3.63) is 116 Å². The average molecular weight is 743 g/mol. The van der Waals surface area contributed by atoms with E-state index in [1.165, 1.54) is 22.7 Å². The monoisotopic (exact) mass is 742 g/mol. The molecule has 0 unspecified atom stereocenters. The van der Waals surface area contributed by atoms with E-state index in [9.17, 15) is 14.7 Å². The van der Waals surface area contributed by atoms with Gasteiger partial charge < -0.3 is 19.7 Å². The van der Waals surface area contributed by atoms with Crippen LogP contribution in [0.4, 0.5) is 0 Å². The molecule has 0 saturated carbocycles. The Morgan fingerprint density at radius 3 is 1.80 bits per heavy atom. The Kier molecular flexibility index (Phi) is 9.40. The molecule has 6 aromatic heterocycles. The Bertz CT molecular complexity index is 2440. The molecule has 0 atom stereocenters. The molecule has 0 amide bonds. The van der Waals surface area contributed by atoms with Crippen LogP contribution in [0.15, 0.2) is 83.8 Å². The molecule has 0 bridgehead atoms. The molecule has 0 fully saturated rings. The number of aromatic nitrogens is 6. The predicted molar refractivity (Wildman–Crippen MR) is 193 cm³/mol. The van der Waals surface area contributed by atoms with Crippen molar-refractivity contribution in [2.45, 2.75) is 27.1 Å². The maximum atomic E-state index is 13.0. The number of hydrogen-bond donors (Lipinski definition) is 2. The fourth-order valence-corrected chi connectivity index (χ4v) is 8.77. The van der Waals surface area contributed by atoms with Gasteiger partial charge in [-0.15, -0.1) is 45.3 Å². The first-order valence-corrected chi connectivity index (χ1v) is 18.3. The van der Waals surface area contributed by atoms with Crippen molar-refractivity contribution in [3.8, 4) is 32.9 Å². The minimum Gasteiger partial charge on any atom is -0.492 e. The summed E-state index contributed by atoms with van der Waals surface area (Å²) in [6, 6.07) is 19.4. The molecule has 6 heterocycles. The highest BCUT2D eigenvalue weighted by atomic mass is 32.1. The number of carboxylic acids is 1. The van der Waals surface area contributed by atoms with Crippen molar-refractivity contribution in [1.82, 2.24) is 29.2 Å². The Balaban J connectivity index is 0.000000184. The van der Waals surface area contributed by atoms with Crippen molar-refractivity contribution in [2.75, 3.05) is 0 Å². The largest absolute Gasteiger partial charge is 0.492 e. The number of rotatable bonds is 9. The number of ether oxygens (including phenoxy) is 2. The first-order chi connectivity index (χ1) is 24.3. The zero-order valence-corrected chi connectivity index (χ0v) is 29.6. The quantitative estimate of drug-likeness (QED) is 0.139. The number of hydrogen-bond acceptors (Lipinski definition) is 13. The van der Waals surface area contributed by atoms with Crippen LogP contribution < -0.4 is 4.74 Å². The van der Waals surface area contributed by atoms with Crippen molar-refractivity contribution in [2.24, 2.45) is 0 Å². The number of aromatic hydroxyl groups is 1. The Morgan fingerprint density at radius 1 is 0.740 bits per heavy atom. The van der Waals surface area contributed by atoms with Gasteiger partial charge in [-0.3, -0.25) is 0 Å². The van der Waals surface area contributed by atoms with Crippen LogP contribution in [0.3, 0.4) is 0 Å². The molecule has 0 spiro atoms. The molecular formula is C34H26N6O6S4. The molecule has 0 radical (unpaired) electrons. The number of carbonyl (C=O) groups is 2. The van der Waals surface area contributed by atoms with Crippen LogP contribution in [-0.2, 0) is 18.0 Å². The van der Waals surface area contributed by atoms with Crippen molar-refractivity contribution < 1.29 is 29.3 Å². The van der Waals surface area contributed by atoms with Crippen LogP contribution in [0, 0.1) is 13.8 Å². The highest BCUT2D eigenvalue weighted by molar-refractivity contribution is 7.19. The molecular weight excluding hydrogens is 717 g/mol. The second kappa shape index (κ2) is 14.2. The standard InChI is InChI=1S/C24H19N3O3S2.C10H7N3O3S2/c1-16-19(23-27(26-16)12-13-31-23)22-25-21(29-14-17-8-4-2-5-9-17)20(32-22)24(28)30-15-18-10-6-3-7-11-18;1-4-5(9-13(12-4)2-3-17-9)8-11-7(14)6(18-8)10(15)16/h2-13H,14-15H2,1H3;2-3,14H,1H3,(H,15,16). The number of fused-ring (bicyclic) bond motifs is 2. The molecule has 0 saturated heterocycles. The molecule has 252 valence electrons. The molecule has 8 aromatic rings. The summed E-state index contributed by atoms with van der Waals surface area (Å²) in [5.74, 6) is -1.79. The van der Waals surface area contributed by atoms with E-state index in [1.807, 2.05) is 102 Å². The predicted octanol–water partition coefficient (Wildman–Crippen LogP) is 8.00. The van der Waals surface area contributed by atoms with E-state index in [0.717, 1.165) is 54.6 Å². The van der Waals surface area contributed by atoms with Crippen LogP contribution in [-0.4, -0.2) is 51.3 Å². The number of carboxylic acid groups (broad SMARTS) is 1. The summed E-state index contributed by atoms with van der Waals surface area (Å²) in [5.41, 5.74) is 5.21. The Hall–Kier alpha value is -5.42. The van der Waals surface area contributed by atoms with E-state index in [4.69, 9.17) is 14.6 Å². The second-order valence-corrected chi connectivity index (χ2v) is 14.5. The summed E-state index contributed by atoms with van der Waals surface area (Å²) in [6.07, 6.45) is 3.73. The lowest BCUT2D eigenvalue weighted by atomic mass is 10.2. The summed E-state index contributed by atoms with van der Waals surface area (Å²) in [5, 5.41) is 32.3. The van der Waals surface area contributed by atoms with Gasteiger partial charge in [0.05, 0.1) is 22.5 Å². The minimum atomic E-state index is -1.18. The molecule has 2 aromatic carbocycles. The zero-order chi connectivity index (χ0) is 34.8. The maximum Gasteiger partial charge on any atom is 0.354 e. The number of esters is 1. The van der Waals surface area contributed by atoms with Crippen LogP contribution in [0.25, 0.3) is 30.8 Å². The van der Waals surface area contributed by atoms with Crippen LogP contribution >= 0.6 is 45.3 Å².